The maximum atomic E-state index is 14.4. The van der Waals surface area contributed by atoms with E-state index in [0.717, 1.165) is 0 Å². The number of rotatable bonds is 13. The zero-order chi connectivity index (χ0) is 27.4. The molecule has 3 aliphatic rings. The monoisotopic (exact) mass is 608 g/mol. The van der Waals surface area contributed by atoms with Crippen LogP contribution >= 0.6 is 27.5 Å². The molecule has 1 spiro atoms. The number of nitrogens with zero attached hydrogens (tertiary/aromatic N) is 2. The van der Waals surface area contributed by atoms with Crippen molar-refractivity contribution in [1.29, 1.82) is 0 Å². The van der Waals surface area contributed by atoms with Crippen molar-refractivity contribution < 1.29 is 29.0 Å². The van der Waals surface area contributed by atoms with Crippen molar-refractivity contribution in [3.05, 3.63) is 54.6 Å². The van der Waals surface area contributed by atoms with Crippen molar-refractivity contribution in [2.45, 2.75) is 54.7 Å². The third-order valence-electron chi connectivity index (χ3n) is 7.62. The van der Waals surface area contributed by atoms with E-state index in [1.165, 1.54) is 9.80 Å². The van der Waals surface area contributed by atoms with Crippen molar-refractivity contribution in [3.8, 4) is 0 Å². The number of likely N-dealkylation sites (tertiary alicyclic amines) is 1. The number of esters is 1. The molecule has 38 heavy (non-hydrogen) atoms. The second-order valence-electron chi connectivity index (χ2n) is 9.91. The maximum Gasteiger partial charge on any atom is 0.312 e. The fraction of sp³-hybridized carbons (Fsp3) is 0.536. The molecule has 3 fully saturated rings. The Balaban J connectivity index is 1.72. The fourth-order valence-electron chi connectivity index (χ4n) is 6.06. The van der Waals surface area contributed by atoms with Crippen molar-refractivity contribution in [2.24, 2.45) is 11.8 Å². The molecule has 206 valence electrons. The number of unbranched alkanes of at least 4 members (excludes halogenated alkanes) is 2. The third-order valence-corrected chi connectivity index (χ3v) is 8.78. The molecule has 8 nitrogen and oxygen atoms in total. The molecule has 6 atom stereocenters. The number of aliphatic hydroxyl groups is 1. The minimum absolute atomic E-state index is 0.0286. The van der Waals surface area contributed by atoms with Crippen molar-refractivity contribution in [1.82, 2.24) is 4.90 Å². The summed E-state index contributed by atoms with van der Waals surface area (Å²) < 4.78 is 12.1. The normalized spacial score (nSPS) is 29.3. The lowest BCUT2D eigenvalue weighted by molar-refractivity contribution is -0.155. The number of alkyl halides is 1. The molecule has 3 unspecified atom stereocenters. The highest BCUT2D eigenvalue weighted by molar-refractivity contribution is 9.09. The number of carbonyl (C=O) groups is 3. The molecule has 3 heterocycles. The first kappa shape index (κ1) is 28.8. The van der Waals surface area contributed by atoms with Crippen LogP contribution in [-0.2, 0) is 23.9 Å². The lowest BCUT2D eigenvalue weighted by atomic mass is 9.70. The van der Waals surface area contributed by atoms with Gasteiger partial charge in [-0.15, -0.1) is 13.2 Å². The third kappa shape index (κ3) is 5.06. The van der Waals surface area contributed by atoms with Crippen LogP contribution in [0.15, 0.2) is 49.6 Å². The van der Waals surface area contributed by atoms with E-state index >= 15 is 0 Å². The number of benzene rings is 1. The summed E-state index contributed by atoms with van der Waals surface area (Å²) in [6.45, 7) is 8.11. The minimum atomic E-state index is -1.20. The van der Waals surface area contributed by atoms with Gasteiger partial charge in [0.05, 0.1) is 35.3 Å². The molecule has 0 aliphatic carbocycles. The predicted octanol–water partition coefficient (Wildman–Crippen LogP) is 3.89. The molecule has 3 saturated heterocycles. The number of hydrogen-bond acceptors (Lipinski definition) is 6. The number of para-hydroxylation sites is 1. The van der Waals surface area contributed by atoms with E-state index in [9.17, 15) is 19.5 Å². The lowest BCUT2D eigenvalue weighted by Gasteiger charge is -2.37. The van der Waals surface area contributed by atoms with Crippen LogP contribution in [0.3, 0.4) is 0 Å². The van der Waals surface area contributed by atoms with E-state index in [0.29, 0.717) is 42.8 Å². The molecule has 2 amide bonds. The van der Waals surface area contributed by atoms with Gasteiger partial charge in [-0.2, -0.15) is 0 Å². The van der Waals surface area contributed by atoms with Gasteiger partial charge in [0.2, 0.25) is 5.91 Å². The number of amides is 2. The first-order valence-electron chi connectivity index (χ1n) is 13.0. The number of anilines is 1. The smallest absolute Gasteiger partial charge is 0.312 e. The van der Waals surface area contributed by atoms with Crippen LogP contribution in [-0.4, -0.2) is 76.7 Å². The first-order chi connectivity index (χ1) is 18.3. The zero-order valence-electron chi connectivity index (χ0n) is 21.3. The van der Waals surface area contributed by atoms with E-state index in [4.69, 9.17) is 21.1 Å². The number of carbonyl (C=O) groups excluding carboxylic acids is 3. The van der Waals surface area contributed by atoms with Gasteiger partial charge in [0, 0.05) is 24.5 Å². The zero-order valence-corrected chi connectivity index (χ0v) is 23.6. The second kappa shape index (κ2) is 12.3. The highest BCUT2D eigenvalue weighted by Gasteiger charge is 2.77. The van der Waals surface area contributed by atoms with Crippen LogP contribution in [0, 0.1) is 11.8 Å². The summed E-state index contributed by atoms with van der Waals surface area (Å²) >= 11 is 10.1. The van der Waals surface area contributed by atoms with Crippen molar-refractivity contribution in [2.75, 3.05) is 31.2 Å². The highest BCUT2D eigenvalue weighted by Crippen LogP contribution is 2.60. The summed E-state index contributed by atoms with van der Waals surface area (Å²) in [5, 5.41) is 9.74. The van der Waals surface area contributed by atoms with Gasteiger partial charge in [-0.25, -0.2) is 0 Å². The Morgan fingerprint density at radius 3 is 2.71 bits per heavy atom. The summed E-state index contributed by atoms with van der Waals surface area (Å²) in [6, 6.07) is 6.04. The van der Waals surface area contributed by atoms with Crippen LogP contribution in [0.25, 0.3) is 0 Å². The number of aliphatic hydroxyl groups excluding tert-OH is 1. The van der Waals surface area contributed by atoms with Crippen LogP contribution in [0.1, 0.15) is 32.1 Å². The Morgan fingerprint density at radius 2 is 2.03 bits per heavy atom. The standard InChI is InChI=1S/C28H34BrClN2O6/c1-3-5-10-16-37-27(36)21-22-25(34)32(14-8-9-15-33)24(28(22)17-18(29)23(21)38-28)26(35)31(13-4-2)20-12-7-6-11-19(20)30/h3-4,6-7,11-12,18,21-24,33H,1-2,5,8-10,13-17H2/t18?,21-,22+,23-,24?,28?/m1/s1. The molecule has 1 aromatic carbocycles. The Labute approximate surface area is 236 Å². The van der Waals surface area contributed by atoms with Gasteiger partial charge in [0.25, 0.3) is 5.91 Å². The van der Waals surface area contributed by atoms with E-state index < -0.39 is 35.6 Å². The molecule has 3 aliphatic heterocycles. The van der Waals surface area contributed by atoms with Crippen molar-refractivity contribution >= 4 is 51.0 Å². The molecule has 0 saturated carbocycles. The summed E-state index contributed by atoms with van der Waals surface area (Å²) in [7, 11) is 0. The molecule has 2 bridgehead atoms. The molecule has 10 heteroatoms. The molecule has 0 radical (unpaired) electrons. The van der Waals surface area contributed by atoms with Crippen LogP contribution in [0.5, 0.6) is 0 Å². The Kier molecular flexibility index (Phi) is 9.34. The molecular weight excluding hydrogens is 576 g/mol. The second-order valence-corrected chi connectivity index (χ2v) is 11.5. The predicted molar refractivity (Wildman–Crippen MR) is 148 cm³/mol. The average molecular weight is 610 g/mol. The largest absolute Gasteiger partial charge is 0.465 e. The Morgan fingerprint density at radius 1 is 1.26 bits per heavy atom. The number of fused-ring (bicyclic) bond motifs is 1. The molecular formula is C28H34BrClN2O6. The van der Waals surface area contributed by atoms with E-state index in [-0.39, 0.29) is 42.9 Å². The van der Waals surface area contributed by atoms with Crippen LogP contribution in [0.4, 0.5) is 5.69 Å². The van der Waals surface area contributed by atoms with Gasteiger partial charge in [-0.1, -0.05) is 51.8 Å². The maximum absolute atomic E-state index is 14.4. The summed E-state index contributed by atoms with van der Waals surface area (Å²) in [6.07, 6.45) is 5.49. The quantitative estimate of drug-likeness (QED) is 0.158. The summed E-state index contributed by atoms with van der Waals surface area (Å²) in [4.78, 5) is 44.5. The molecule has 1 aromatic rings. The minimum Gasteiger partial charge on any atom is -0.465 e. The Bertz CT molecular complexity index is 1090. The van der Waals surface area contributed by atoms with Gasteiger partial charge in [0.1, 0.15) is 11.6 Å². The highest BCUT2D eigenvalue weighted by atomic mass is 79.9. The molecule has 1 N–H and O–H groups in total. The number of halogens is 2. The Hall–Kier alpha value is -2.20. The van der Waals surface area contributed by atoms with E-state index in [1.807, 2.05) is 0 Å². The van der Waals surface area contributed by atoms with Gasteiger partial charge in [0.15, 0.2) is 0 Å². The summed E-state index contributed by atoms with van der Waals surface area (Å²) in [5.41, 5.74) is -0.694. The van der Waals surface area contributed by atoms with E-state index in [2.05, 4.69) is 29.1 Å². The number of hydrogen-bond donors (Lipinski definition) is 1. The van der Waals surface area contributed by atoms with Crippen LogP contribution in [0.2, 0.25) is 5.02 Å². The van der Waals surface area contributed by atoms with Gasteiger partial charge in [-0.3, -0.25) is 14.4 Å². The number of ether oxygens (including phenoxy) is 2. The fourth-order valence-corrected chi connectivity index (χ4v) is 7.24. The number of allylic oxidation sites excluding steroid dienone is 1. The topological polar surface area (TPSA) is 96.4 Å². The van der Waals surface area contributed by atoms with Gasteiger partial charge >= 0.3 is 5.97 Å². The average Bonchev–Trinajstić information content (AvgIpc) is 3.49. The lowest BCUT2D eigenvalue weighted by Crippen LogP contribution is -2.57. The summed E-state index contributed by atoms with van der Waals surface area (Å²) in [5.74, 6) is -2.79. The van der Waals surface area contributed by atoms with E-state index in [1.54, 1.807) is 36.4 Å². The molecule has 4 rings (SSSR count). The first-order valence-corrected chi connectivity index (χ1v) is 14.3. The van der Waals surface area contributed by atoms with Crippen LogP contribution < -0.4 is 4.90 Å². The van der Waals surface area contributed by atoms with Gasteiger partial charge in [-0.05, 0) is 44.2 Å². The molecule has 0 aromatic heterocycles. The SMILES string of the molecule is C=CCCCOC(=O)[C@H]1[C@@H]2OC3(CC2Br)C(C(=O)N(CC=C)c2ccccc2Cl)N(CCCCO)C(=O)[C@H]13. The van der Waals surface area contributed by atoms with Crippen molar-refractivity contribution in [3.63, 3.8) is 0 Å². The van der Waals surface area contributed by atoms with Gasteiger partial charge < -0.3 is 24.4 Å².